The van der Waals surface area contributed by atoms with Crippen molar-refractivity contribution in [3.05, 3.63) is 58.8 Å². The van der Waals surface area contributed by atoms with Gasteiger partial charge < -0.3 is 23.9 Å². The van der Waals surface area contributed by atoms with Gasteiger partial charge in [-0.3, -0.25) is 0 Å². The lowest BCUT2D eigenvalue weighted by Gasteiger charge is -2.20. The molecule has 0 unspecified atom stereocenters. The molecule has 1 aliphatic rings. The first kappa shape index (κ1) is 18.0. The number of hydrogen-bond donors (Lipinski definition) is 1. The Morgan fingerprint density at radius 3 is 2.56 bits per heavy atom. The van der Waals surface area contributed by atoms with Crippen molar-refractivity contribution in [3.63, 3.8) is 0 Å². The highest BCUT2D eigenvalue weighted by atomic mass is 16.7. The predicted octanol–water partition coefficient (Wildman–Crippen LogP) is 4.35. The van der Waals surface area contributed by atoms with Crippen LogP contribution in [0, 0.1) is 13.8 Å². The van der Waals surface area contributed by atoms with Gasteiger partial charge in [0, 0.05) is 22.2 Å². The maximum atomic E-state index is 10.4. The Morgan fingerprint density at radius 1 is 1.15 bits per heavy atom. The minimum atomic E-state index is -0.628. The predicted molar refractivity (Wildman–Crippen MR) is 105 cm³/mol. The smallest absolute Gasteiger partial charge is 0.186 e. The number of rotatable bonds is 4. The lowest BCUT2D eigenvalue weighted by molar-refractivity contribution is -0.0441. The van der Waals surface area contributed by atoms with E-state index in [4.69, 9.17) is 14.2 Å². The minimum Gasteiger partial charge on any atom is -0.496 e. The molecule has 5 heteroatoms. The topological polar surface area (TPSA) is 52.9 Å². The molecule has 142 valence electrons. The Hall–Kier alpha value is -2.34. The SMILES string of the molecule is COc1ccc2c(cc(C)n2-c2c(C)cccc2C2OCCO2)c1[C@H](C)O. The van der Waals surface area contributed by atoms with Crippen molar-refractivity contribution in [3.8, 4) is 11.4 Å². The summed E-state index contributed by atoms with van der Waals surface area (Å²) < 4.78 is 19.3. The van der Waals surface area contributed by atoms with Gasteiger partial charge in [-0.05, 0) is 44.5 Å². The van der Waals surface area contributed by atoms with Crippen LogP contribution in [0.25, 0.3) is 16.6 Å². The minimum absolute atomic E-state index is 0.355. The largest absolute Gasteiger partial charge is 0.496 e. The first-order valence-corrected chi connectivity index (χ1v) is 9.23. The first-order chi connectivity index (χ1) is 13.0. The van der Waals surface area contributed by atoms with Crippen LogP contribution in [-0.4, -0.2) is 30.0 Å². The number of ether oxygens (including phenoxy) is 3. The zero-order valence-corrected chi connectivity index (χ0v) is 16.2. The van der Waals surface area contributed by atoms with Crippen LogP contribution in [-0.2, 0) is 9.47 Å². The zero-order valence-electron chi connectivity index (χ0n) is 16.2. The average molecular weight is 367 g/mol. The summed E-state index contributed by atoms with van der Waals surface area (Å²) in [5.41, 5.74) is 6.13. The third kappa shape index (κ3) is 2.92. The third-order valence-electron chi connectivity index (χ3n) is 5.18. The third-order valence-corrected chi connectivity index (χ3v) is 5.18. The van der Waals surface area contributed by atoms with E-state index < -0.39 is 6.10 Å². The molecule has 4 rings (SSSR count). The van der Waals surface area contributed by atoms with E-state index in [1.807, 2.05) is 18.2 Å². The molecule has 1 fully saturated rings. The molecular formula is C22H25NO4. The number of hydrogen-bond acceptors (Lipinski definition) is 4. The molecule has 1 aliphatic heterocycles. The second-order valence-electron chi connectivity index (χ2n) is 7.00. The van der Waals surface area contributed by atoms with Crippen LogP contribution in [0.1, 0.15) is 41.7 Å². The van der Waals surface area contributed by atoms with Crippen molar-refractivity contribution < 1.29 is 19.3 Å². The molecule has 0 saturated carbocycles. The number of aryl methyl sites for hydroxylation is 2. The summed E-state index contributed by atoms with van der Waals surface area (Å²) >= 11 is 0. The van der Waals surface area contributed by atoms with E-state index in [1.165, 1.54) is 0 Å². The number of benzene rings is 2. The van der Waals surface area contributed by atoms with E-state index in [9.17, 15) is 5.11 Å². The molecule has 1 atom stereocenters. The van der Waals surface area contributed by atoms with Gasteiger partial charge >= 0.3 is 0 Å². The lowest BCUT2D eigenvalue weighted by atomic mass is 10.0. The molecule has 1 saturated heterocycles. The molecule has 2 heterocycles. The van der Waals surface area contributed by atoms with Crippen molar-refractivity contribution in [2.24, 2.45) is 0 Å². The van der Waals surface area contributed by atoms with Crippen molar-refractivity contribution in [2.75, 3.05) is 20.3 Å². The van der Waals surface area contributed by atoms with Gasteiger partial charge in [-0.15, -0.1) is 0 Å². The number of nitrogens with zero attached hydrogens (tertiary/aromatic N) is 1. The van der Waals surface area contributed by atoms with E-state index in [0.717, 1.165) is 39.0 Å². The molecule has 0 amide bonds. The molecule has 0 spiro atoms. The summed E-state index contributed by atoms with van der Waals surface area (Å²) in [7, 11) is 1.63. The molecule has 27 heavy (non-hydrogen) atoms. The van der Waals surface area contributed by atoms with Crippen molar-refractivity contribution in [1.29, 1.82) is 0 Å². The van der Waals surface area contributed by atoms with Gasteiger partial charge in [0.15, 0.2) is 6.29 Å². The first-order valence-electron chi connectivity index (χ1n) is 9.23. The summed E-state index contributed by atoms with van der Waals surface area (Å²) in [6.45, 7) is 7.14. The van der Waals surface area contributed by atoms with Gasteiger partial charge in [0.05, 0.1) is 37.6 Å². The van der Waals surface area contributed by atoms with Crippen LogP contribution >= 0.6 is 0 Å². The Morgan fingerprint density at radius 2 is 1.89 bits per heavy atom. The van der Waals surface area contributed by atoms with Crippen LogP contribution in [0.3, 0.4) is 0 Å². The van der Waals surface area contributed by atoms with Gasteiger partial charge in [-0.25, -0.2) is 0 Å². The quantitative estimate of drug-likeness (QED) is 0.745. The van der Waals surface area contributed by atoms with E-state index in [0.29, 0.717) is 19.0 Å². The Labute approximate surface area is 159 Å². The summed E-state index contributed by atoms with van der Waals surface area (Å²) in [5, 5.41) is 11.3. The standard InChI is InChI=1S/C22H25NO4/c1-13-6-5-7-16(22-26-10-11-27-22)21(13)23-14(2)12-17-18(23)8-9-19(25-4)20(17)15(3)24/h5-9,12,15,22,24H,10-11H2,1-4H3/t15-/m0/s1. The van der Waals surface area contributed by atoms with Crippen molar-refractivity contribution in [1.82, 2.24) is 4.57 Å². The fourth-order valence-electron chi connectivity index (χ4n) is 4.04. The number of aliphatic hydroxyl groups is 1. The maximum absolute atomic E-state index is 10.4. The average Bonchev–Trinajstić information content (AvgIpc) is 3.28. The summed E-state index contributed by atoms with van der Waals surface area (Å²) in [6.07, 6.45) is -0.983. The summed E-state index contributed by atoms with van der Waals surface area (Å²) in [4.78, 5) is 0. The second-order valence-corrected chi connectivity index (χ2v) is 7.00. The molecule has 0 aliphatic carbocycles. The van der Waals surface area contributed by atoms with Crippen LogP contribution in [0.15, 0.2) is 36.4 Å². The molecule has 5 nitrogen and oxygen atoms in total. The molecule has 2 aromatic carbocycles. The molecule has 0 radical (unpaired) electrons. The lowest BCUT2D eigenvalue weighted by Crippen LogP contribution is -2.08. The van der Waals surface area contributed by atoms with Crippen molar-refractivity contribution >= 4 is 10.9 Å². The fraction of sp³-hybridized carbons (Fsp3) is 0.364. The summed E-state index contributed by atoms with van der Waals surface area (Å²) in [6, 6.07) is 12.2. The second kappa shape index (κ2) is 7.00. The normalized spacial score (nSPS) is 16.2. The molecule has 3 aromatic rings. The van der Waals surface area contributed by atoms with Gasteiger partial charge in [0.25, 0.3) is 0 Å². The van der Waals surface area contributed by atoms with E-state index in [-0.39, 0.29) is 6.29 Å². The fourth-order valence-corrected chi connectivity index (χ4v) is 4.04. The van der Waals surface area contributed by atoms with Crippen LogP contribution in [0.2, 0.25) is 0 Å². The number of methoxy groups -OCH3 is 1. The Kier molecular flexibility index (Phi) is 4.68. The Bertz CT molecular complexity index is 984. The van der Waals surface area contributed by atoms with Gasteiger partial charge in [-0.2, -0.15) is 0 Å². The molecule has 0 bridgehead atoms. The van der Waals surface area contributed by atoms with Gasteiger partial charge in [-0.1, -0.05) is 18.2 Å². The number of aromatic nitrogens is 1. The van der Waals surface area contributed by atoms with Crippen molar-refractivity contribution in [2.45, 2.75) is 33.2 Å². The van der Waals surface area contributed by atoms with Gasteiger partial charge in [0.1, 0.15) is 5.75 Å². The maximum Gasteiger partial charge on any atom is 0.186 e. The van der Waals surface area contributed by atoms with Crippen LogP contribution in [0.5, 0.6) is 5.75 Å². The molecular weight excluding hydrogens is 342 g/mol. The highest BCUT2D eigenvalue weighted by molar-refractivity contribution is 5.89. The van der Waals surface area contributed by atoms with E-state index >= 15 is 0 Å². The monoisotopic (exact) mass is 367 g/mol. The molecule has 1 N–H and O–H groups in total. The van der Waals surface area contributed by atoms with E-state index in [1.54, 1.807) is 14.0 Å². The Balaban J connectivity index is 2.01. The number of fused-ring (bicyclic) bond motifs is 1. The number of para-hydroxylation sites is 1. The van der Waals surface area contributed by atoms with Crippen LogP contribution < -0.4 is 4.74 Å². The molecule has 1 aromatic heterocycles. The van der Waals surface area contributed by atoms with Gasteiger partial charge in [0.2, 0.25) is 0 Å². The highest BCUT2D eigenvalue weighted by Gasteiger charge is 2.25. The highest BCUT2D eigenvalue weighted by Crippen LogP contribution is 2.39. The zero-order chi connectivity index (χ0) is 19.1. The van der Waals surface area contributed by atoms with Crippen LogP contribution in [0.4, 0.5) is 0 Å². The number of aliphatic hydroxyl groups excluding tert-OH is 1. The summed E-state index contributed by atoms with van der Waals surface area (Å²) in [5.74, 6) is 0.696. The van der Waals surface area contributed by atoms with E-state index in [2.05, 4.69) is 36.6 Å².